The van der Waals surface area contributed by atoms with Crippen molar-refractivity contribution in [2.75, 3.05) is 18.0 Å². The maximum absolute atomic E-state index is 11.7. The van der Waals surface area contributed by atoms with Crippen molar-refractivity contribution >= 4 is 11.8 Å². The topological polar surface area (TPSA) is 55.6 Å². The normalized spacial score (nSPS) is 33.4. The van der Waals surface area contributed by atoms with Gasteiger partial charge in [-0.3, -0.25) is 4.90 Å². The Bertz CT molecular complexity index is 499. The molecule has 2 N–H and O–H groups in total. The van der Waals surface area contributed by atoms with Crippen molar-refractivity contribution < 1.29 is 9.53 Å². The second-order valence-electron chi connectivity index (χ2n) is 5.92. The number of hydrogen-bond acceptors (Lipinski definition) is 3. The summed E-state index contributed by atoms with van der Waals surface area (Å²) in [7, 11) is 0. The lowest BCUT2D eigenvalue weighted by molar-refractivity contribution is 0.145. The molecule has 0 spiro atoms. The third-order valence-corrected chi connectivity index (χ3v) is 4.63. The van der Waals surface area contributed by atoms with Crippen LogP contribution in [0, 0.1) is 5.92 Å². The molecule has 1 heterocycles. The lowest BCUT2D eigenvalue weighted by Crippen LogP contribution is -2.27. The number of nitrogens with zero attached hydrogens (tertiary/aromatic N) is 1. The molecule has 4 heteroatoms. The average molecular weight is 260 g/mol. The number of rotatable bonds is 3. The van der Waals surface area contributed by atoms with Crippen LogP contribution in [0.4, 0.5) is 10.5 Å². The van der Waals surface area contributed by atoms with Gasteiger partial charge in [0.15, 0.2) is 0 Å². The number of carbonyl (C=O) groups is 1. The predicted octanol–water partition coefficient (Wildman–Crippen LogP) is 2.27. The molecule has 1 aromatic rings. The maximum Gasteiger partial charge on any atom is 0.414 e. The van der Waals surface area contributed by atoms with Crippen molar-refractivity contribution in [2.45, 2.75) is 31.8 Å². The molecular weight excluding hydrogens is 240 g/mol. The van der Waals surface area contributed by atoms with Crippen LogP contribution < -0.4 is 10.6 Å². The van der Waals surface area contributed by atoms with Crippen LogP contribution in [0.1, 0.15) is 25.8 Å². The van der Waals surface area contributed by atoms with Gasteiger partial charge in [-0.05, 0) is 35.4 Å². The van der Waals surface area contributed by atoms with Crippen molar-refractivity contribution in [2.24, 2.45) is 11.7 Å². The highest BCUT2D eigenvalue weighted by atomic mass is 16.6. The van der Waals surface area contributed by atoms with Gasteiger partial charge in [-0.25, -0.2) is 4.79 Å². The van der Waals surface area contributed by atoms with Crippen LogP contribution in [0.15, 0.2) is 24.3 Å². The summed E-state index contributed by atoms with van der Waals surface area (Å²) in [6.45, 7) is 5.48. The van der Waals surface area contributed by atoms with Gasteiger partial charge >= 0.3 is 6.09 Å². The second-order valence-corrected chi connectivity index (χ2v) is 5.92. The predicted molar refractivity (Wildman–Crippen MR) is 74.2 cm³/mol. The minimum absolute atomic E-state index is 0.187. The standard InChI is InChI=1S/C15H20N2O2/c1-10-7-15(10,2)11-3-5-12(6-4-11)17-9-13(8-16)19-14(17)18/h3-6,10,13H,7-9,16H2,1-2H3. The van der Waals surface area contributed by atoms with Gasteiger partial charge in [-0.15, -0.1) is 0 Å². The third-order valence-electron chi connectivity index (χ3n) is 4.63. The van der Waals surface area contributed by atoms with Crippen LogP contribution in [-0.2, 0) is 10.2 Å². The molecule has 2 fully saturated rings. The number of benzene rings is 1. The van der Waals surface area contributed by atoms with E-state index in [1.54, 1.807) is 4.90 Å². The zero-order chi connectivity index (χ0) is 13.6. The van der Waals surface area contributed by atoms with E-state index >= 15 is 0 Å². The molecule has 3 atom stereocenters. The number of amides is 1. The minimum Gasteiger partial charge on any atom is -0.443 e. The molecule has 1 aliphatic heterocycles. The van der Waals surface area contributed by atoms with Gasteiger partial charge in [0.25, 0.3) is 0 Å². The highest BCUT2D eigenvalue weighted by Gasteiger charge is 2.47. The van der Waals surface area contributed by atoms with Crippen LogP contribution in [0.3, 0.4) is 0 Å². The van der Waals surface area contributed by atoms with Gasteiger partial charge in [0.1, 0.15) is 6.10 Å². The van der Waals surface area contributed by atoms with Gasteiger partial charge in [-0.1, -0.05) is 26.0 Å². The summed E-state index contributed by atoms with van der Waals surface area (Å²) in [5.74, 6) is 0.747. The quantitative estimate of drug-likeness (QED) is 0.907. The average Bonchev–Trinajstić information content (AvgIpc) is 2.86. The van der Waals surface area contributed by atoms with Crippen molar-refractivity contribution in [1.29, 1.82) is 0 Å². The fourth-order valence-electron chi connectivity index (χ4n) is 2.86. The Balaban J connectivity index is 1.78. The fourth-order valence-corrected chi connectivity index (χ4v) is 2.86. The van der Waals surface area contributed by atoms with E-state index in [-0.39, 0.29) is 12.2 Å². The number of carbonyl (C=O) groups excluding carboxylic acids is 1. The van der Waals surface area contributed by atoms with E-state index in [2.05, 4.69) is 26.0 Å². The van der Waals surface area contributed by atoms with E-state index in [9.17, 15) is 4.79 Å². The first-order chi connectivity index (χ1) is 9.04. The van der Waals surface area contributed by atoms with Gasteiger partial charge < -0.3 is 10.5 Å². The summed E-state index contributed by atoms with van der Waals surface area (Å²) < 4.78 is 5.17. The molecule has 0 bridgehead atoms. The monoisotopic (exact) mass is 260 g/mol. The Morgan fingerprint density at radius 2 is 2.05 bits per heavy atom. The molecule has 1 aliphatic carbocycles. The number of nitrogens with two attached hydrogens (primary N) is 1. The first-order valence-electron chi connectivity index (χ1n) is 6.83. The molecule has 102 valence electrons. The summed E-state index contributed by atoms with van der Waals surface area (Å²) in [5, 5.41) is 0. The number of cyclic esters (lactones) is 1. The summed E-state index contributed by atoms with van der Waals surface area (Å²) in [5.41, 5.74) is 8.10. The van der Waals surface area contributed by atoms with Gasteiger partial charge in [0.05, 0.1) is 6.54 Å². The highest BCUT2D eigenvalue weighted by Crippen LogP contribution is 2.53. The Morgan fingerprint density at radius 3 is 2.53 bits per heavy atom. The molecule has 3 rings (SSSR count). The van der Waals surface area contributed by atoms with E-state index in [1.807, 2.05) is 12.1 Å². The van der Waals surface area contributed by atoms with Crippen molar-refractivity contribution in [3.8, 4) is 0 Å². The van der Waals surface area contributed by atoms with Crippen LogP contribution in [-0.4, -0.2) is 25.3 Å². The van der Waals surface area contributed by atoms with Crippen LogP contribution in [0.5, 0.6) is 0 Å². The zero-order valence-electron chi connectivity index (χ0n) is 11.4. The lowest BCUT2D eigenvalue weighted by atomic mass is 9.96. The first kappa shape index (κ1) is 12.5. The Kier molecular flexibility index (Phi) is 2.78. The van der Waals surface area contributed by atoms with Crippen LogP contribution in [0.25, 0.3) is 0 Å². The fraction of sp³-hybridized carbons (Fsp3) is 0.533. The first-order valence-corrected chi connectivity index (χ1v) is 6.83. The molecular formula is C15H20N2O2. The van der Waals surface area contributed by atoms with E-state index in [4.69, 9.17) is 10.5 Å². The smallest absolute Gasteiger partial charge is 0.414 e. The molecule has 3 unspecified atom stereocenters. The molecule has 0 radical (unpaired) electrons. The Labute approximate surface area is 113 Å². The van der Waals surface area contributed by atoms with Crippen LogP contribution >= 0.6 is 0 Å². The molecule has 1 saturated heterocycles. The number of anilines is 1. The van der Waals surface area contributed by atoms with Crippen LogP contribution in [0.2, 0.25) is 0 Å². The molecule has 2 aliphatic rings. The molecule has 4 nitrogen and oxygen atoms in total. The molecule has 19 heavy (non-hydrogen) atoms. The largest absolute Gasteiger partial charge is 0.443 e. The van der Waals surface area contributed by atoms with E-state index in [1.165, 1.54) is 12.0 Å². The Morgan fingerprint density at radius 1 is 1.42 bits per heavy atom. The van der Waals surface area contributed by atoms with E-state index in [0.29, 0.717) is 18.5 Å². The highest BCUT2D eigenvalue weighted by molar-refractivity contribution is 5.89. The van der Waals surface area contributed by atoms with E-state index in [0.717, 1.165) is 11.6 Å². The molecule has 0 aromatic heterocycles. The Hall–Kier alpha value is -1.55. The van der Waals surface area contributed by atoms with Gasteiger partial charge in [0, 0.05) is 12.2 Å². The molecule has 1 saturated carbocycles. The molecule has 1 amide bonds. The SMILES string of the molecule is CC1CC1(C)c1ccc(N2CC(CN)OC2=O)cc1. The van der Waals surface area contributed by atoms with Gasteiger partial charge in [-0.2, -0.15) is 0 Å². The number of hydrogen-bond donors (Lipinski definition) is 1. The minimum atomic E-state index is -0.297. The van der Waals surface area contributed by atoms with E-state index < -0.39 is 0 Å². The van der Waals surface area contributed by atoms with Crippen molar-refractivity contribution in [3.63, 3.8) is 0 Å². The third kappa shape index (κ3) is 2.00. The summed E-state index contributed by atoms with van der Waals surface area (Å²) in [4.78, 5) is 13.4. The summed E-state index contributed by atoms with van der Waals surface area (Å²) in [6, 6.07) is 8.27. The lowest BCUT2D eigenvalue weighted by Gasteiger charge is -2.15. The molecule has 1 aromatic carbocycles. The van der Waals surface area contributed by atoms with Crippen molar-refractivity contribution in [3.05, 3.63) is 29.8 Å². The van der Waals surface area contributed by atoms with Crippen molar-refractivity contribution in [1.82, 2.24) is 0 Å². The zero-order valence-corrected chi connectivity index (χ0v) is 11.4. The van der Waals surface area contributed by atoms with Gasteiger partial charge in [0.2, 0.25) is 0 Å². The second kappa shape index (κ2) is 4.23. The summed E-state index contributed by atoms with van der Waals surface area (Å²) in [6.07, 6.45) is 0.759. The number of ether oxygens (including phenoxy) is 1. The summed E-state index contributed by atoms with van der Waals surface area (Å²) >= 11 is 0. The maximum atomic E-state index is 11.7.